The summed E-state index contributed by atoms with van der Waals surface area (Å²) in [6, 6.07) is 2.18. The molecule has 1 amide bonds. The summed E-state index contributed by atoms with van der Waals surface area (Å²) < 4.78 is 5.52. The van der Waals surface area contributed by atoms with Crippen LogP contribution in [0.15, 0.2) is 6.07 Å². The first kappa shape index (κ1) is 17.8. The number of aryl methyl sites for hydroxylation is 2. The minimum absolute atomic E-state index is 0.0586. The predicted molar refractivity (Wildman–Crippen MR) is 96.4 cm³/mol. The Morgan fingerprint density at radius 1 is 1.30 bits per heavy atom. The quantitative estimate of drug-likeness (QED) is 0.842. The molecule has 1 aliphatic rings. The van der Waals surface area contributed by atoms with Crippen LogP contribution in [0.3, 0.4) is 0 Å². The standard InChI is InChI=1S/C19H30N2O2/c1-7-23-11-10-21-9-8-15-13(2)12-14(3)16(17(15)21)20-18(22)19(4,5)6/h12H,7-11H2,1-6H3,(H,20,22). The molecule has 0 aliphatic carbocycles. The zero-order valence-electron chi connectivity index (χ0n) is 15.4. The van der Waals surface area contributed by atoms with Gasteiger partial charge in [-0.15, -0.1) is 0 Å². The second-order valence-corrected chi connectivity index (χ2v) is 7.35. The van der Waals surface area contributed by atoms with Gasteiger partial charge in [-0.3, -0.25) is 4.79 Å². The third-order valence-corrected chi connectivity index (χ3v) is 4.40. The van der Waals surface area contributed by atoms with Gasteiger partial charge in [0, 0.05) is 25.1 Å². The Balaban J connectivity index is 2.35. The fraction of sp³-hybridized carbons (Fsp3) is 0.632. The SMILES string of the molecule is CCOCCN1CCc2c(C)cc(C)c(NC(=O)C(C)(C)C)c21. The topological polar surface area (TPSA) is 41.6 Å². The van der Waals surface area contributed by atoms with Crippen molar-refractivity contribution in [1.29, 1.82) is 0 Å². The number of nitrogens with one attached hydrogen (secondary N) is 1. The molecule has 1 heterocycles. The lowest BCUT2D eigenvalue weighted by molar-refractivity contribution is -0.123. The lowest BCUT2D eigenvalue weighted by atomic mass is 9.94. The van der Waals surface area contributed by atoms with E-state index in [1.54, 1.807) is 0 Å². The molecule has 4 heteroatoms. The average molecular weight is 318 g/mol. The summed E-state index contributed by atoms with van der Waals surface area (Å²) in [5, 5.41) is 3.18. The zero-order chi connectivity index (χ0) is 17.2. The molecule has 1 aromatic rings. The molecule has 0 atom stereocenters. The fourth-order valence-corrected chi connectivity index (χ4v) is 3.03. The second-order valence-electron chi connectivity index (χ2n) is 7.35. The third kappa shape index (κ3) is 3.86. The van der Waals surface area contributed by atoms with Crippen molar-refractivity contribution in [3.05, 3.63) is 22.8 Å². The molecule has 1 N–H and O–H groups in total. The van der Waals surface area contributed by atoms with E-state index in [9.17, 15) is 4.79 Å². The monoisotopic (exact) mass is 318 g/mol. The number of anilines is 2. The van der Waals surface area contributed by atoms with Crippen molar-refractivity contribution in [2.75, 3.05) is 36.5 Å². The van der Waals surface area contributed by atoms with Gasteiger partial charge in [0.05, 0.1) is 18.0 Å². The Kier molecular flexibility index (Phi) is 5.35. The highest BCUT2D eigenvalue weighted by Crippen LogP contribution is 2.40. The van der Waals surface area contributed by atoms with E-state index < -0.39 is 5.41 Å². The molecule has 0 aromatic heterocycles. The molecular formula is C19H30N2O2. The molecule has 0 spiro atoms. The average Bonchev–Trinajstić information content (AvgIpc) is 2.87. The molecule has 0 unspecified atom stereocenters. The van der Waals surface area contributed by atoms with E-state index in [1.165, 1.54) is 16.8 Å². The van der Waals surface area contributed by atoms with Crippen LogP contribution in [0.5, 0.6) is 0 Å². The number of fused-ring (bicyclic) bond motifs is 1. The Morgan fingerprint density at radius 3 is 2.61 bits per heavy atom. The van der Waals surface area contributed by atoms with E-state index in [0.29, 0.717) is 0 Å². The van der Waals surface area contributed by atoms with Crippen molar-refractivity contribution >= 4 is 17.3 Å². The molecule has 0 fully saturated rings. The lowest BCUT2D eigenvalue weighted by Gasteiger charge is -2.26. The molecule has 0 saturated heterocycles. The first-order valence-electron chi connectivity index (χ1n) is 8.53. The highest BCUT2D eigenvalue weighted by Gasteiger charge is 2.28. The van der Waals surface area contributed by atoms with Crippen LogP contribution in [0.2, 0.25) is 0 Å². The minimum Gasteiger partial charge on any atom is -0.380 e. The molecule has 23 heavy (non-hydrogen) atoms. The maximum Gasteiger partial charge on any atom is 0.229 e. The summed E-state index contributed by atoms with van der Waals surface area (Å²) in [7, 11) is 0. The molecule has 128 valence electrons. The first-order chi connectivity index (χ1) is 10.8. The first-order valence-corrected chi connectivity index (χ1v) is 8.53. The second kappa shape index (κ2) is 6.91. The van der Waals surface area contributed by atoms with Crippen molar-refractivity contribution < 1.29 is 9.53 Å². The van der Waals surface area contributed by atoms with Crippen LogP contribution >= 0.6 is 0 Å². The number of benzene rings is 1. The molecular weight excluding hydrogens is 288 g/mol. The predicted octanol–water partition coefficient (Wildman–Crippen LogP) is 3.69. The van der Waals surface area contributed by atoms with Gasteiger partial charge in [-0.2, -0.15) is 0 Å². The Morgan fingerprint density at radius 2 is 2.00 bits per heavy atom. The van der Waals surface area contributed by atoms with Gasteiger partial charge in [0.1, 0.15) is 0 Å². The highest BCUT2D eigenvalue weighted by atomic mass is 16.5. The van der Waals surface area contributed by atoms with Crippen molar-refractivity contribution in [3.8, 4) is 0 Å². The van der Waals surface area contributed by atoms with Crippen molar-refractivity contribution in [2.45, 2.75) is 48.0 Å². The maximum absolute atomic E-state index is 12.5. The normalized spacial score (nSPS) is 14.1. The summed E-state index contributed by atoms with van der Waals surface area (Å²) in [5.74, 6) is 0.0586. The molecule has 1 aliphatic heterocycles. The molecule has 1 aromatic carbocycles. The maximum atomic E-state index is 12.5. The smallest absolute Gasteiger partial charge is 0.229 e. The van der Waals surface area contributed by atoms with E-state index in [4.69, 9.17) is 4.74 Å². The molecule has 0 radical (unpaired) electrons. The summed E-state index contributed by atoms with van der Waals surface area (Å²) in [4.78, 5) is 14.8. The van der Waals surface area contributed by atoms with E-state index in [1.807, 2.05) is 27.7 Å². The van der Waals surface area contributed by atoms with E-state index >= 15 is 0 Å². The van der Waals surface area contributed by atoms with Gasteiger partial charge in [-0.25, -0.2) is 0 Å². The van der Waals surface area contributed by atoms with Crippen LogP contribution in [0, 0.1) is 19.3 Å². The van der Waals surface area contributed by atoms with E-state index in [0.717, 1.165) is 44.0 Å². The Hall–Kier alpha value is -1.55. The van der Waals surface area contributed by atoms with Gasteiger partial charge in [0.2, 0.25) is 5.91 Å². The van der Waals surface area contributed by atoms with Crippen molar-refractivity contribution in [3.63, 3.8) is 0 Å². The van der Waals surface area contributed by atoms with E-state index in [2.05, 4.69) is 30.1 Å². The summed E-state index contributed by atoms with van der Waals surface area (Å²) >= 11 is 0. The molecule has 0 saturated carbocycles. The van der Waals surface area contributed by atoms with Gasteiger partial charge in [-0.1, -0.05) is 26.8 Å². The van der Waals surface area contributed by atoms with Crippen molar-refractivity contribution in [1.82, 2.24) is 0 Å². The number of amides is 1. The number of nitrogens with zero attached hydrogens (tertiary/aromatic N) is 1. The number of hydrogen-bond acceptors (Lipinski definition) is 3. The van der Waals surface area contributed by atoms with Gasteiger partial charge in [-0.05, 0) is 43.9 Å². The summed E-state index contributed by atoms with van der Waals surface area (Å²) in [6.07, 6.45) is 1.03. The van der Waals surface area contributed by atoms with Crippen LogP contribution in [-0.4, -0.2) is 32.2 Å². The zero-order valence-corrected chi connectivity index (χ0v) is 15.4. The highest BCUT2D eigenvalue weighted by molar-refractivity contribution is 5.99. The summed E-state index contributed by atoms with van der Waals surface area (Å²) in [6.45, 7) is 15.4. The van der Waals surface area contributed by atoms with Crippen LogP contribution in [0.4, 0.5) is 11.4 Å². The van der Waals surface area contributed by atoms with Gasteiger partial charge in [0.25, 0.3) is 0 Å². The molecule has 4 nitrogen and oxygen atoms in total. The van der Waals surface area contributed by atoms with Crippen LogP contribution in [0.1, 0.15) is 44.4 Å². The van der Waals surface area contributed by atoms with Gasteiger partial charge >= 0.3 is 0 Å². The number of ether oxygens (including phenoxy) is 1. The van der Waals surface area contributed by atoms with Crippen molar-refractivity contribution in [2.24, 2.45) is 5.41 Å². The number of hydrogen-bond donors (Lipinski definition) is 1. The number of rotatable bonds is 5. The van der Waals surface area contributed by atoms with Gasteiger partial charge in [0.15, 0.2) is 0 Å². The minimum atomic E-state index is -0.404. The number of carbonyl (C=O) groups is 1. The van der Waals surface area contributed by atoms with Crippen LogP contribution in [0.25, 0.3) is 0 Å². The Labute approximate surface area is 140 Å². The molecule has 0 bridgehead atoms. The van der Waals surface area contributed by atoms with E-state index in [-0.39, 0.29) is 5.91 Å². The Bertz CT molecular complexity index is 588. The molecule has 2 rings (SSSR count). The van der Waals surface area contributed by atoms with Crippen LogP contribution < -0.4 is 10.2 Å². The lowest BCUT2D eigenvalue weighted by Crippen LogP contribution is -2.30. The third-order valence-electron chi connectivity index (χ3n) is 4.40. The van der Waals surface area contributed by atoms with Crippen LogP contribution in [-0.2, 0) is 16.0 Å². The fourth-order valence-electron chi connectivity index (χ4n) is 3.03. The summed E-state index contributed by atoms with van der Waals surface area (Å²) in [5.41, 5.74) is 5.56. The largest absolute Gasteiger partial charge is 0.380 e. The van der Waals surface area contributed by atoms with Gasteiger partial charge < -0.3 is 15.0 Å². The number of carbonyl (C=O) groups excluding carboxylic acids is 1.